The predicted molar refractivity (Wildman–Crippen MR) is 168 cm³/mol. The van der Waals surface area contributed by atoms with Gasteiger partial charge < -0.3 is 20.1 Å². The smallest absolute Gasteiger partial charge is 0.319 e. The van der Waals surface area contributed by atoms with E-state index in [0.29, 0.717) is 89.9 Å². The van der Waals surface area contributed by atoms with Gasteiger partial charge in [-0.05, 0) is 56.7 Å². The van der Waals surface area contributed by atoms with Crippen molar-refractivity contribution in [2.45, 2.75) is 75.2 Å². The topological polar surface area (TPSA) is 132 Å². The van der Waals surface area contributed by atoms with Crippen molar-refractivity contribution < 1.29 is 23.4 Å². The van der Waals surface area contributed by atoms with E-state index in [4.69, 9.17) is 21.3 Å². The lowest BCUT2D eigenvalue weighted by Crippen LogP contribution is -2.53. The Morgan fingerprint density at radius 1 is 1.13 bits per heavy atom. The normalized spacial score (nSPS) is 27.0. The van der Waals surface area contributed by atoms with E-state index in [9.17, 15) is 14.3 Å². The first-order valence-electron chi connectivity index (χ1n) is 16.0. The Bertz CT molecular complexity index is 1840. The molecule has 8 heterocycles. The molecule has 11 nitrogen and oxygen atoms in total. The molecule has 5 aliphatic heterocycles. The molecule has 3 saturated heterocycles. The van der Waals surface area contributed by atoms with E-state index >= 15 is 4.39 Å². The number of rotatable bonds is 3. The van der Waals surface area contributed by atoms with E-state index in [1.54, 1.807) is 18.5 Å². The van der Waals surface area contributed by atoms with Crippen molar-refractivity contribution >= 4 is 45.1 Å². The fraction of sp³-hybridized carbons (Fsp3) is 0.531. The Hall–Kier alpha value is -3.68. The molecular formula is C32H35ClF2N8O3. The van der Waals surface area contributed by atoms with Crippen LogP contribution in [0.3, 0.4) is 0 Å². The van der Waals surface area contributed by atoms with E-state index in [2.05, 4.69) is 30.4 Å². The maximum atomic E-state index is 17.0. The molecule has 3 fully saturated rings. The van der Waals surface area contributed by atoms with Gasteiger partial charge in [-0.25, -0.2) is 8.78 Å². The number of alkyl halides is 1. The summed E-state index contributed by atoms with van der Waals surface area (Å²) in [5.41, 5.74) is 1.51. The predicted octanol–water partition coefficient (Wildman–Crippen LogP) is 4.10. The second kappa shape index (κ2) is 11.5. The van der Waals surface area contributed by atoms with Gasteiger partial charge in [0.05, 0.1) is 28.7 Å². The zero-order valence-electron chi connectivity index (χ0n) is 25.2. The summed E-state index contributed by atoms with van der Waals surface area (Å²) in [5.74, 6) is -0.408. The van der Waals surface area contributed by atoms with Crippen molar-refractivity contribution in [3.63, 3.8) is 0 Å². The van der Waals surface area contributed by atoms with Gasteiger partial charge in [0, 0.05) is 60.7 Å². The highest BCUT2D eigenvalue weighted by molar-refractivity contribution is 6.33. The van der Waals surface area contributed by atoms with Gasteiger partial charge in [0.15, 0.2) is 5.82 Å². The molecule has 0 unspecified atom stereocenters. The van der Waals surface area contributed by atoms with Crippen molar-refractivity contribution in [2.24, 2.45) is 0 Å². The average Bonchev–Trinajstić information content (AvgIpc) is 3.72. The zero-order valence-corrected chi connectivity index (χ0v) is 26.0. The fourth-order valence-electron chi connectivity index (χ4n) is 8.00. The van der Waals surface area contributed by atoms with Crippen LogP contribution in [-0.2, 0) is 11.2 Å². The van der Waals surface area contributed by atoms with Gasteiger partial charge in [-0.2, -0.15) is 15.1 Å². The molecule has 4 atom stereocenters. The summed E-state index contributed by atoms with van der Waals surface area (Å²) in [5, 5.41) is 22.5. The minimum Gasteiger partial charge on any atom is -0.461 e. The second-order valence-electron chi connectivity index (χ2n) is 13.2. The summed E-state index contributed by atoms with van der Waals surface area (Å²) in [6.45, 7) is 1.93. The molecule has 0 saturated carbocycles. The van der Waals surface area contributed by atoms with Crippen molar-refractivity contribution in [3.8, 4) is 17.3 Å². The minimum atomic E-state index is -0.927. The summed E-state index contributed by atoms with van der Waals surface area (Å²) < 4.78 is 37.7. The highest BCUT2D eigenvalue weighted by Crippen LogP contribution is 2.42. The number of amides is 1. The first kappa shape index (κ1) is 29.7. The quantitative estimate of drug-likeness (QED) is 0.299. The summed E-state index contributed by atoms with van der Waals surface area (Å²) in [7, 11) is 0. The standard InChI is InChI=1S/C32H35ClF2N8O3/c33-23-9-24-21(12-37-41-24)26-20(23)4-1-2-5-25(45)38-18-8-19(44)15-42(14-18)30-22-11-36-29(26)27(35)28(22)39-31(40-30)46-16-32-6-3-7-43(32)13-17(34)10-32/h9,11-12,17-19,44H,1-8,10,13-16H2,(H,37,41)(H,38,45)/t17-,18+,19-,32+/m1/s1. The fourth-order valence-corrected chi connectivity index (χ4v) is 8.30. The zero-order chi connectivity index (χ0) is 31.6. The SMILES string of the molecule is O=C1CCCCc2c(Cl)cc3[nH]ncc3c2-c2ncc3c(nc(OC[C@@]45CCCN4C[C@H](F)C5)nc3c2F)N2C[C@H](O)C[C@@H](C2)N1. The van der Waals surface area contributed by atoms with E-state index in [-0.39, 0.29) is 42.3 Å². The molecule has 3 aromatic heterocycles. The van der Waals surface area contributed by atoms with Crippen LogP contribution in [0, 0.1) is 5.82 Å². The van der Waals surface area contributed by atoms with Crippen molar-refractivity contribution in [1.82, 2.24) is 35.4 Å². The van der Waals surface area contributed by atoms with Gasteiger partial charge in [0.2, 0.25) is 5.91 Å². The molecule has 0 aliphatic carbocycles. The van der Waals surface area contributed by atoms with Crippen LogP contribution in [0.1, 0.15) is 50.5 Å². The number of nitrogens with zero attached hydrogens (tertiary/aromatic N) is 6. The molecule has 1 amide bonds. The van der Waals surface area contributed by atoms with Crippen molar-refractivity contribution in [3.05, 3.63) is 34.9 Å². The summed E-state index contributed by atoms with van der Waals surface area (Å²) >= 11 is 6.79. The number of nitrogens with one attached hydrogen (secondary N) is 2. The van der Waals surface area contributed by atoms with Crippen LogP contribution in [0.2, 0.25) is 5.02 Å². The lowest BCUT2D eigenvalue weighted by Gasteiger charge is -2.37. The number of carbonyl (C=O) groups is 1. The van der Waals surface area contributed by atoms with E-state index in [1.165, 1.54) is 0 Å². The van der Waals surface area contributed by atoms with Crippen LogP contribution in [0.5, 0.6) is 6.01 Å². The first-order valence-corrected chi connectivity index (χ1v) is 16.4. The second-order valence-corrected chi connectivity index (χ2v) is 13.6. The number of piperidine rings is 1. The number of benzene rings is 1. The maximum Gasteiger partial charge on any atom is 0.319 e. The van der Waals surface area contributed by atoms with Crippen LogP contribution < -0.4 is 15.0 Å². The summed E-state index contributed by atoms with van der Waals surface area (Å²) in [6, 6.07) is 1.39. The van der Waals surface area contributed by atoms with Crippen molar-refractivity contribution in [1.29, 1.82) is 0 Å². The Morgan fingerprint density at radius 2 is 2.00 bits per heavy atom. The largest absolute Gasteiger partial charge is 0.461 e. The molecule has 1 aromatic carbocycles. The van der Waals surface area contributed by atoms with Gasteiger partial charge in [-0.3, -0.25) is 19.8 Å². The van der Waals surface area contributed by atoms with Gasteiger partial charge >= 0.3 is 6.01 Å². The number of aromatic nitrogens is 5. The Balaban J connectivity index is 1.30. The summed E-state index contributed by atoms with van der Waals surface area (Å²) in [4.78, 5) is 30.9. The van der Waals surface area contributed by atoms with Crippen molar-refractivity contribution in [2.75, 3.05) is 37.7 Å². The number of pyridine rings is 1. The molecule has 3 N–H and O–H groups in total. The third kappa shape index (κ3) is 5.12. The molecule has 46 heavy (non-hydrogen) atoms. The molecule has 5 aliphatic rings. The van der Waals surface area contributed by atoms with Gasteiger partial charge in [-0.15, -0.1) is 0 Å². The number of ether oxygens (including phenoxy) is 1. The number of hydrogen-bond acceptors (Lipinski definition) is 9. The third-order valence-corrected chi connectivity index (χ3v) is 10.4. The molecule has 9 rings (SSSR count). The van der Waals surface area contributed by atoms with Gasteiger partial charge in [-0.1, -0.05) is 11.6 Å². The lowest BCUT2D eigenvalue weighted by atomic mass is 9.94. The summed E-state index contributed by atoms with van der Waals surface area (Å²) in [6.07, 6.45) is 6.05. The third-order valence-electron chi connectivity index (χ3n) is 10.1. The van der Waals surface area contributed by atoms with Gasteiger partial charge in [0.25, 0.3) is 0 Å². The molecular weight excluding hydrogens is 618 g/mol. The van der Waals surface area contributed by atoms with E-state index < -0.39 is 23.6 Å². The van der Waals surface area contributed by atoms with E-state index in [1.807, 2.05) is 4.90 Å². The van der Waals surface area contributed by atoms with Crippen LogP contribution in [0.25, 0.3) is 33.1 Å². The Kier molecular flexibility index (Phi) is 7.45. The number of aliphatic hydroxyl groups is 1. The van der Waals surface area contributed by atoms with Crippen LogP contribution in [0.15, 0.2) is 18.5 Å². The molecule has 4 aromatic rings. The van der Waals surface area contributed by atoms with Crippen LogP contribution in [0.4, 0.5) is 14.6 Å². The number of halogens is 3. The molecule has 0 spiro atoms. The van der Waals surface area contributed by atoms with E-state index in [0.717, 1.165) is 19.4 Å². The number of fused-ring (bicyclic) bond motifs is 8. The van der Waals surface area contributed by atoms with Gasteiger partial charge in [0.1, 0.15) is 29.8 Å². The Labute approximate surface area is 268 Å². The first-order chi connectivity index (χ1) is 22.3. The number of aromatic amines is 1. The molecule has 0 radical (unpaired) electrons. The number of H-pyrrole nitrogens is 1. The molecule has 14 heteroatoms. The monoisotopic (exact) mass is 652 g/mol. The van der Waals surface area contributed by atoms with Crippen LogP contribution in [-0.4, -0.2) is 97.7 Å². The highest BCUT2D eigenvalue weighted by atomic mass is 35.5. The lowest BCUT2D eigenvalue weighted by molar-refractivity contribution is -0.122. The Morgan fingerprint density at radius 3 is 2.89 bits per heavy atom. The highest BCUT2D eigenvalue weighted by Gasteiger charge is 2.49. The average molecular weight is 653 g/mol. The minimum absolute atomic E-state index is 0.0101. The number of carbonyl (C=O) groups excluding carboxylic acids is 1. The maximum absolute atomic E-state index is 17.0. The molecule has 6 bridgehead atoms. The number of aliphatic hydroxyl groups excluding tert-OH is 1. The molecule has 242 valence electrons. The number of hydrogen-bond donors (Lipinski definition) is 3. The number of anilines is 1. The van der Waals surface area contributed by atoms with Crippen LogP contribution >= 0.6 is 11.6 Å².